The molecule has 4 saturated carbocycles. The Morgan fingerprint density at radius 1 is 0.444 bits per heavy atom. The summed E-state index contributed by atoms with van der Waals surface area (Å²) in [6.45, 7) is 4.61. The average molecular weight is 811 g/mol. The Labute approximate surface area is 369 Å². The molecule has 7 aromatic carbocycles. The first kappa shape index (κ1) is 36.7. The van der Waals surface area contributed by atoms with Crippen molar-refractivity contribution in [1.82, 2.24) is 15.0 Å². The van der Waals surface area contributed by atoms with E-state index in [1.54, 1.807) is 11.1 Å². The number of hydrogen-bond acceptors (Lipinski definition) is 4. The molecular formula is C59H46N4. The average Bonchev–Trinajstić information content (AvgIpc) is 3.76. The molecule has 0 atom stereocenters. The summed E-state index contributed by atoms with van der Waals surface area (Å²) in [5.41, 5.74) is 19.3. The van der Waals surface area contributed by atoms with Gasteiger partial charge in [0.15, 0.2) is 17.5 Å². The molecule has 4 nitrogen and oxygen atoms in total. The molecule has 0 radical (unpaired) electrons. The van der Waals surface area contributed by atoms with E-state index >= 15 is 0 Å². The van der Waals surface area contributed by atoms with Gasteiger partial charge in [0, 0.05) is 33.1 Å². The molecule has 302 valence electrons. The fourth-order valence-corrected chi connectivity index (χ4v) is 13.5. The standard InChI is InChI=1S/C59H46N4/c1-58(2)51-18-9-15-43(34-60)53(51)48-25-23-42(33-52(48)58)41-24-26-50-49(32-41)47-17-10-16-46(54(47)59(50)44-28-35-27-36(30-44)31-45(59)29-35)37-19-21-40(22-20-37)57-62-55(38-11-5-3-6-12-38)61-56(63-57)39-13-7-4-8-14-39/h3-26,32-33,35-36,44-45H,27-31H2,1-2H3. The van der Waals surface area contributed by atoms with Crippen LogP contribution in [-0.2, 0) is 10.8 Å². The molecule has 6 aliphatic carbocycles. The second-order valence-corrected chi connectivity index (χ2v) is 19.5. The molecule has 0 unspecified atom stereocenters. The zero-order chi connectivity index (χ0) is 42.0. The molecule has 0 saturated heterocycles. The van der Waals surface area contributed by atoms with Gasteiger partial charge in [0.1, 0.15) is 0 Å². The summed E-state index contributed by atoms with van der Waals surface area (Å²) in [7, 11) is 0. The van der Waals surface area contributed by atoms with Crippen LogP contribution in [0.3, 0.4) is 0 Å². The van der Waals surface area contributed by atoms with E-state index in [0.29, 0.717) is 29.3 Å². The molecule has 0 aliphatic heterocycles. The zero-order valence-electron chi connectivity index (χ0n) is 35.6. The van der Waals surface area contributed by atoms with Gasteiger partial charge >= 0.3 is 0 Å². The smallest absolute Gasteiger partial charge is 0.164 e. The van der Waals surface area contributed by atoms with E-state index in [0.717, 1.165) is 39.7 Å². The number of nitrogens with zero attached hydrogens (tertiary/aromatic N) is 4. The van der Waals surface area contributed by atoms with Gasteiger partial charge in [-0.15, -0.1) is 0 Å². The molecule has 1 spiro atoms. The van der Waals surface area contributed by atoms with Crippen LogP contribution in [0.5, 0.6) is 0 Å². The van der Waals surface area contributed by atoms with E-state index in [9.17, 15) is 5.26 Å². The Bertz CT molecular complexity index is 3130. The van der Waals surface area contributed by atoms with E-state index in [-0.39, 0.29) is 10.8 Å². The van der Waals surface area contributed by atoms with Crippen LogP contribution >= 0.6 is 0 Å². The Morgan fingerprint density at radius 3 is 1.62 bits per heavy atom. The van der Waals surface area contributed by atoms with Crippen molar-refractivity contribution in [3.8, 4) is 84.7 Å². The monoisotopic (exact) mass is 810 g/mol. The van der Waals surface area contributed by atoms with Gasteiger partial charge in [-0.25, -0.2) is 15.0 Å². The summed E-state index contributed by atoms with van der Waals surface area (Å²) in [6, 6.07) is 59.7. The quantitative estimate of drug-likeness (QED) is 0.174. The van der Waals surface area contributed by atoms with Gasteiger partial charge in [0.2, 0.25) is 0 Å². The van der Waals surface area contributed by atoms with Crippen molar-refractivity contribution in [2.75, 3.05) is 0 Å². The van der Waals surface area contributed by atoms with E-state index in [1.807, 2.05) is 48.5 Å². The molecule has 4 heteroatoms. The number of rotatable bonds is 5. The van der Waals surface area contributed by atoms with Crippen LogP contribution in [0.25, 0.3) is 78.7 Å². The minimum absolute atomic E-state index is 0.00449. The molecule has 0 amide bonds. The minimum Gasteiger partial charge on any atom is -0.208 e. The molecule has 6 aliphatic rings. The molecular weight excluding hydrogens is 765 g/mol. The highest BCUT2D eigenvalue weighted by atomic mass is 15.0. The summed E-state index contributed by atoms with van der Waals surface area (Å²) < 4.78 is 0. The number of aromatic nitrogens is 3. The SMILES string of the molecule is CC1(C)c2cc(-c3ccc4c(c3)-c3cccc(-c5ccc(-c6nc(-c7ccccc7)nc(-c7ccccc7)n6)cc5)c3C43C4CC5CC(C4)CC3C5)ccc2-c2c(C#N)cccc21. The maximum absolute atomic E-state index is 10.1. The van der Waals surface area contributed by atoms with Crippen molar-refractivity contribution >= 4 is 0 Å². The number of nitriles is 1. The van der Waals surface area contributed by atoms with E-state index in [4.69, 9.17) is 15.0 Å². The maximum Gasteiger partial charge on any atom is 0.164 e. The Hall–Kier alpha value is -6.96. The normalized spacial score (nSPS) is 22.6. The van der Waals surface area contributed by atoms with Crippen molar-refractivity contribution in [1.29, 1.82) is 5.26 Å². The second-order valence-electron chi connectivity index (χ2n) is 19.5. The topological polar surface area (TPSA) is 62.5 Å². The van der Waals surface area contributed by atoms with Crippen LogP contribution in [0.4, 0.5) is 0 Å². The lowest BCUT2D eigenvalue weighted by Gasteiger charge is -2.61. The lowest BCUT2D eigenvalue weighted by Crippen LogP contribution is -2.55. The predicted octanol–water partition coefficient (Wildman–Crippen LogP) is 14.1. The number of fused-ring (bicyclic) bond motifs is 6. The fourth-order valence-electron chi connectivity index (χ4n) is 13.5. The van der Waals surface area contributed by atoms with Crippen LogP contribution in [0.2, 0.25) is 0 Å². The Morgan fingerprint density at radius 2 is 0.984 bits per heavy atom. The molecule has 8 aromatic rings. The van der Waals surface area contributed by atoms with Gasteiger partial charge in [0.05, 0.1) is 11.6 Å². The molecule has 63 heavy (non-hydrogen) atoms. The van der Waals surface area contributed by atoms with Crippen molar-refractivity contribution < 1.29 is 0 Å². The second kappa shape index (κ2) is 13.5. The highest BCUT2D eigenvalue weighted by Crippen LogP contribution is 2.70. The van der Waals surface area contributed by atoms with Crippen LogP contribution in [0.1, 0.15) is 73.8 Å². The van der Waals surface area contributed by atoms with Crippen LogP contribution in [0.15, 0.2) is 158 Å². The van der Waals surface area contributed by atoms with E-state index in [1.165, 1.54) is 82.2 Å². The molecule has 4 fully saturated rings. The van der Waals surface area contributed by atoms with Gasteiger partial charge in [0.25, 0.3) is 0 Å². The largest absolute Gasteiger partial charge is 0.208 e. The molecule has 4 bridgehead atoms. The van der Waals surface area contributed by atoms with Gasteiger partial charge in [-0.1, -0.05) is 153 Å². The van der Waals surface area contributed by atoms with Crippen molar-refractivity contribution in [2.45, 2.75) is 56.8 Å². The van der Waals surface area contributed by atoms with Crippen LogP contribution in [0, 0.1) is 35.0 Å². The molecule has 14 rings (SSSR count). The Kier molecular flexibility index (Phi) is 7.87. The highest BCUT2D eigenvalue weighted by Gasteiger charge is 2.62. The molecule has 1 aromatic heterocycles. The minimum atomic E-state index is -0.191. The molecule has 1 heterocycles. The number of hydrogen-bond donors (Lipinski definition) is 0. The highest BCUT2D eigenvalue weighted by molar-refractivity contribution is 5.92. The summed E-state index contributed by atoms with van der Waals surface area (Å²) in [5, 5.41) is 10.1. The molecule has 0 N–H and O–H groups in total. The number of benzene rings is 7. The first-order valence-corrected chi connectivity index (χ1v) is 22.8. The summed E-state index contributed by atoms with van der Waals surface area (Å²) in [5.74, 6) is 5.03. The van der Waals surface area contributed by atoms with E-state index in [2.05, 4.69) is 129 Å². The zero-order valence-corrected chi connectivity index (χ0v) is 35.6. The van der Waals surface area contributed by atoms with Gasteiger partial charge in [-0.05, 0) is 135 Å². The predicted molar refractivity (Wildman–Crippen MR) is 253 cm³/mol. The lowest BCUT2D eigenvalue weighted by molar-refractivity contribution is -0.0397. The van der Waals surface area contributed by atoms with Gasteiger partial charge < -0.3 is 0 Å². The van der Waals surface area contributed by atoms with Crippen molar-refractivity contribution in [2.24, 2.45) is 23.7 Å². The van der Waals surface area contributed by atoms with E-state index < -0.39 is 0 Å². The maximum atomic E-state index is 10.1. The van der Waals surface area contributed by atoms with Crippen molar-refractivity contribution in [3.63, 3.8) is 0 Å². The summed E-state index contributed by atoms with van der Waals surface area (Å²) in [4.78, 5) is 15.0. The third-order valence-corrected chi connectivity index (χ3v) is 16.0. The third-order valence-electron chi connectivity index (χ3n) is 16.0. The Balaban J connectivity index is 0.938. The van der Waals surface area contributed by atoms with Crippen molar-refractivity contribution in [3.05, 3.63) is 186 Å². The first-order valence-electron chi connectivity index (χ1n) is 22.8. The van der Waals surface area contributed by atoms with Crippen LogP contribution < -0.4 is 0 Å². The lowest BCUT2D eigenvalue weighted by atomic mass is 9.42. The summed E-state index contributed by atoms with van der Waals surface area (Å²) >= 11 is 0. The van der Waals surface area contributed by atoms with Gasteiger partial charge in [-0.3, -0.25) is 0 Å². The summed E-state index contributed by atoms with van der Waals surface area (Å²) in [6.07, 6.45) is 6.75. The van der Waals surface area contributed by atoms with Crippen LogP contribution in [-0.4, -0.2) is 15.0 Å². The van der Waals surface area contributed by atoms with Gasteiger partial charge in [-0.2, -0.15) is 5.26 Å². The fraction of sp³-hybridized carbons (Fsp3) is 0.220. The third kappa shape index (κ3) is 5.29. The first-order chi connectivity index (χ1) is 30.9.